The van der Waals surface area contributed by atoms with E-state index in [0.717, 1.165) is 0 Å². The van der Waals surface area contributed by atoms with Gasteiger partial charge in [0.05, 0.1) is 16.5 Å². The lowest BCUT2D eigenvalue weighted by Crippen LogP contribution is -2.50. The molecule has 152 valence electrons. The predicted octanol–water partition coefficient (Wildman–Crippen LogP) is 2.43. The highest BCUT2D eigenvalue weighted by molar-refractivity contribution is 7.89. The van der Waals surface area contributed by atoms with Gasteiger partial charge in [-0.1, -0.05) is 23.7 Å². The van der Waals surface area contributed by atoms with Crippen LogP contribution in [-0.2, 0) is 20.0 Å². The first-order chi connectivity index (χ1) is 13.3. The molecule has 0 aromatic heterocycles. The Morgan fingerprint density at radius 2 is 1.39 bits per heavy atom. The van der Waals surface area contributed by atoms with Crippen LogP contribution in [-0.4, -0.2) is 58.2 Å². The summed E-state index contributed by atoms with van der Waals surface area (Å²) in [5, 5.41) is 0.145. The van der Waals surface area contributed by atoms with Crippen molar-refractivity contribution >= 4 is 31.6 Å². The molecule has 0 amide bonds. The summed E-state index contributed by atoms with van der Waals surface area (Å²) in [5.74, 6) is 0.595. The maximum Gasteiger partial charge on any atom is 0.244 e. The molecule has 0 aliphatic carbocycles. The van der Waals surface area contributed by atoms with Gasteiger partial charge in [-0.2, -0.15) is 8.61 Å². The van der Waals surface area contributed by atoms with Crippen LogP contribution in [0.25, 0.3) is 0 Å². The van der Waals surface area contributed by atoms with Gasteiger partial charge in [0.2, 0.25) is 20.0 Å². The predicted molar refractivity (Wildman–Crippen MR) is 107 cm³/mol. The molecule has 28 heavy (non-hydrogen) atoms. The third-order valence-corrected chi connectivity index (χ3v) is 8.74. The molecule has 0 unspecified atom stereocenters. The van der Waals surface area contributed by atoms with Gasteiger partial charge in [-0.3, -0.25) is 0 Å². The highest BCUT2D eigenvalue weighted by Gasteiger charge is 2.34. The minimum absolute atomic E-state index is 0.0273. The molecule has 1 aliphatic rings. The Labute approximate surface area is 170 Å². The first kappa shape index (κ1) is 21.1. The first-order valence-electron chi connectivity index (χ1n) is 8.74. The van der Waals surface area contributed by atoms with E-state index < -0.39 is 20.0 Å². The van der Waals surface area contributed by atoms with Crippen molar-refractivity contribution in [3.8, 4) is 5.75 Å². The maximum absolute atomic E-state index is 12.8. The number of ether oxygens (including phenoxy) is 1. The molecule has 1 heterocycles. The summed E-state index contributed by atoms with van der Waals surface area (Å²) in [6.45, 7) is 2.60. The average molecular weight is 445 g/mol. The Morgan fingerprint density at radius 1 is 0.857 bits per heavy atom. The van der Waals surface area contributed by atoms with Gasteiger partial charge < -0.3 is 4.74 Å². The number of hydrogen-bond donors (Lipinski definition) is 0. The number of nitrogens with zero attached hydrogens (tertiary/aromatic N) is 2. The van der Waals surface area contributed by atoms with Gasteiger partial charge in [0.1, 0.15) is 10.6 Å². The van der Waals surface area contributed by atoms with E-state index in [1.54, 1.807) is 24.3 Å². The topological polar surface area (TPSA) is 84.0 Å². The average Bonchev–Trinajstić information content (AvgIpc) is 2.69. The van der Waals surface area contributed by atoms with Gasteiger partial charge in [-0.05, 0) is 43.3 Å². The molecule has 1 aliphatic heterocycles. The zero-order valence-corrected chi connectivity index (χ0v) is 17.7. The highest BCUT2D eigenvalue weighted by Crippen LogP contribution is 2.26. The molecule has 0 bridgehead atoms. The van der Waals surface area contributed by atoms with Crippen molar-refractivity contribution in [1.82, 2.24) is 8.61 Å². The second-order valence-corrected chi connectivity index (χ2v) is 10.4. The minimum Gasteiger partial charge on any atom is -0.494 e. The van der Waals surface area contributed by atoms with Gasteiger partial charge in [0.15, 0.2) is 0 Å². The normalized spacial score (nSPS) is 16.8. The molecule has 2 aromatic rings. The molecule has 0 radical (unpaired) electrons. The lowest BCUT2D eigenvalue weighted by Gasteiger charge is -2.33. The molecule has 7 nitrogen and oxygen atoms in total. The maximum atomic E-state index is 12.8. The Balaban J connectivity index is 1.73. The molecule has 3 rings (SSSR count). The fraction of sp³-hybridized carbons (Fsp3) is 0.333. The molecule has 0 atom stereocenters. The summed E-state index contributed by atoms with van der Waals surface area (Å²) in [4.78, 5) is 0.179. The van der Waals surface area contributed by atoms with E-state index in [2.05, 4.69) is 0 Å². The summed E-state index contributed by atoms with van der Waals surface area (Å²) in [5.41, 5.74) is 0. The quantitative estimate of drug-likeness (QED) is 0.683. The first-order valence-corrected chi connectivity index (χ1v) is 12.0. The van der Waals surface area contributed by atoms with Gasteiger partial charge in [-0.15, -0.1) is 0 Å². The molecule has 1 saturated heterocycles. The van der Waals surface area contributed by atoms with Crippen LogP contribution < -0.4 is 4.74 Å². The number of benzene rings is 2. The molecule has 10 heteroatoms. The standard InChI is InChI=1S/C18H21ClN2O5S2/c1-2-26-15-7-9-16(10-8-15)27(22,23)20-11-13-21(14-12-20)28(24,25)18-6-4-3-5-17(18)19/h3-10H,2,11-14H2,1H3. The van der Waals surface area contributed by atoms with E-state index in [1.165, 1.54) is 32.9 Å². The van der Waals surface area contributed by atoms with Gasteiger partial charge in [0, 0.05) is 26.2 Å². The second-order valence-electron chi connectivity index (χ2n) is 6.14. The fourth-order valence-electron chi connectivity index (χ4n) is 2.97. The number of piperazine rings is 1. The highest BCUT2D eigenvalue weighted by atomic mass is 35.5. The van der Waals surface area contributed by atoms with E-state index in [1.807, 2.05) is 6.92 Å². The van der Waals surface area contributed by atoms with Crippen LogP contribution >= 0.6 is 11.6 Å². The van der Waals surface area contributed by atoms with Crippen LogP contribution in [0.4, 0.5) is 0 Å². The summed E-state index contributed by atoms with van der Waals surface area (Å²) >= 11 is 6.02. The van der Waals surface area contributed by atoms with Crippen LogP contribution in [0.1, 0.15) is 6.92 Å². The number of rotatable bonds is 6. The number of hydrogen-bond acceptors (Lipinski definition) is 5. The van der Waals surface area contributed by atoms with Crippen molar-refractivity contribution in [3.05, 3.63) is 53.6 Å². The second kappa shape index (κ2) is 8.38. The monoisotopic (exact) mass is 444 g/mol. The Kier molecular flexibility index (Phi) is 6.31. The van der Waals surface area contributed by atoms with E-state index in [9.17, 15) is 16.8 Å². The summed E-state index contributed by atoms with van der Waals surface area (Å²) in [6, 6.07) is 12.4. The van der Waals surface area contributed by atoms with Crippen LogP contribution in [0.15, 0.2) is 58.3 Å². The minimum atomic E-state index is -3.77. The van der Waals surface area contributed by atoms with Crippen molar-refractivity contribution in [2.24, 2.45) is 0 Å². The van der Waals surface area contributed by atoms with Crippen LogP contribution in [0.3, 0.4) is 0 Å². The Morgan fingerprint density at radius 3 is 1.93 bits per heavy atom. The molecule has 1 fully saturated rings. The lowest BCUT2D eigenvalue weighted by atomic mass is 10.3. The smallest absolute Gasteiger partial charge is 0.244 e. The molecule has 0 spiro atoms. The van der Waals surface area contributed by atoms with Crippen molar-refractivity contribution < 1.29 is 21.6 Å². The van der Waals surface area contributed by atoms with Gasteiger partial charge >= 0.3 is 0 Å². The van der Waals surface area contributed by atoms with E-state index >= 15 is 0 Å². The van der Waals surface area contributed by atoms with Crippen molar-refractivity contribution in [2.45, 2.75) is 16.7 Å². The molecule has 0 saturated carbocycles. The SMILES string of the molecule is CCOc1ccc(S(=O)(=O)N2CCN(S(=O)(=O)c3ccccc3Cl)CC2)cc1. The molecule has 2 aromatic carbocycles. The zero-order valence-electron chi connectivity index (χ0n) is 15.3. The Hall–Kier alpha value is -1.65. The largest absolute Gasteiger partial charge is 0.494 e. The molecular formula is C18H21ClN2O5S2. The third-order valence-electron chi connectivity index (χ3n) is 4.42. The van der Waals surface area contributed by atoms with E-state index in [4.69, 9.17) is 16.3 Å². The molecular weight excluding hydrogens is 424 g/mol. The van der Waals surface area contributed by atoms with Crippen LogP contribution in [0.2, 0.25) is 5.02 Å². The van der Waals surface area contributed by atoms with E-state index in [-0.39, 0.29) is 41.0 Å². The third kappa shape index (κ3) is 4.18. The number of sulfonamides is 2. The van der Waals surface area contributed by atoms with Crippen molar-refractivity contribution in [2.75, 3.05) is 32.8 Å². The van der Waals surface area contributed by atoms with Crippen molar-refractivity contribution in [3.63, 3.8) is 0 Å². The Bertz CT molecular complexity index is 1030. The van der Waals surface area contributed by atoms with Gasteiger partial charge in [0.25, 0.3) is 0 Å². The summed E-state index contributed by atoms with van der Waals surface area (Å²) in [6.07, 6.45) is 0. The van der Waals surface area contributed by atoms with Crippen molar-refractivity contribution in [1.29, 1.82) is 0 Å². The number of halogens is 1. The zero-order chi connectivity index (χ0) is 20.4. The van der Waals surface area contributed by atoms with Gasteiger partial charge in [-0.25, -0.2) is 16.8 Å². The van der Waals surface area contributed by atoms with Crippen LogP contribution in [0.5, 0.6) is 5.75 Å². The molecule has 0 N–H and O–H groups in total. The fourth-order valence-corrected chi connectivity index (χ4v) is 6.30. The van der Waals surface area contributed by atoms with Crippen LogP contribution in [0, 0.1) is 0 Å². The lowest BCUT2D eigenvalue weighted by molar-refractivity contribution is 0.273. The summed E-state index contributed by atoms with van der Waals surface area (Å²) in [7, 11) is -7.48. The summed E-state index contributed by atoms with van der Waals surface area (Å²) < 4.78 is 59.1. The van der Waals surface area contributed by atoms with E-state index in [0.29, 0.717) is 12.4 Å².